The van der Waals surface area contributed by atoms with E-state index >= 15 is 0 Å². The predicted molar refractivity (Wildman–Crippen MR) is 40.8 cm³/mol. The van der Waals surface area contributed by atoms with Crippen molar-refractivity contribution in [2.75, 3.05) is 13.8 Å². The summed E-state index contributed by atoms with van der Waals surface area (Å²) in [6, 6.07) is -0.794. The maximum atomic E-state index is 10.9. The minimum Gasteiger partial charge on any atom is -0.467 e. The molecule has 0 aliphatic carbocycles. The number of rotatable bonds is 5. The van der Waals surface area contributed by atoms with Gasteiger partial charge >= 0.3 is 5.97 Å². The van der Waals surface area contributed by atoms with Crippen LogP contribution in [0.1, 0.15) is 13.3 Å². The summed E-state index contributed by atoms with van der Waals surface area (Å²) in [5.74, 6) is -0.578. The van der Waals surface area contributed by atoms with Crippen LogP contribution in [-0.4, -0.2) is 36.0 Å². The van der Waals surface area contributed by atoms with Crippen molar-refractivity contribution >= 4 is 5.97 Å². The number of hydrogen-bond donors (Lipinski definition) is 1. The Labute approximate surface area is 70.1 Å². The van der Waals surface area contributed by atoms with Crippen LogP contribution in [-0.2, 0) is 9.53 Å². The van der Waals surface area contributed by atoms with Crippen LogP contribution in [0.5, 0.6) is 0 Å². The number of esters is 1. The van der Waals surface area contributed by atoms with Crippen LogP contribution >= 0.6 is 0 Å². The molecule has 1 N–H and O–H groups in total. The summed E-state index contributed by atoms with van der Waals surface area (Å²) in [6.07, 6.45) is 0.360. The van der Waals surface area contributed by atoms with E-state index in [0.717, 1.165) is 5.01 Å². The largest absolute Gasteiger partial charge is 0.467 e. The Morgan fingerprint density at radius 2 is 2.33 bits per heavy atom. The summed E-state index contributed by atoms with van der Waals surface area (Å²) in [6.45, 7) is 1.10. The van der Waals surface area contributed by atoms with E-state index in [9.17, 15) is 9.70 Å². The molecule has 0 fully saturated rings. The third kappa shape index (κ3) is 2.46. The molecule has 0 aliphatic rings. The molecule has 0 heterocycles. The van der Waals surface area contributed by atoms with Crippen molar-refractivity contribution in [3.05, 3.63) is 4.91 Å². The molecule has 0 saturated carbocycles. The number of nitroso groups, excluding NO2 is 1. The zero-order valence-corrected chi connectivity index (χ0v) is 7.06. The lowest BCUT2D eigenvalue weighted by atomic mass is 10.2. The van der Waals surface area contributed by atoms with Crippen LogP contribution in [0.15, 0.2) is 5.29 Å². The number of hydrogen-bond acceptors (Lipinski definition) is 5. The van der Waals surface area contributed by atoms with Crippen molar-refractivity contribution < 1.29 is 14.6 Å². The molecule has 0 spiro atoms. The SMILES string of the molecule is CCC(C(=O)OC)N(CO)N=O. The second-order valence-electron chi connectivity index (χ2n) is 2.11. The lowest BCUT2D eigenvalue weighted by Gasteiger charge is -2.20. The van der Waals surface area contributed by atoms with Gasteiger partial charge in [0.15, 0.2) is 0 Å². The Hall–Kier alpha value is -1.17. The molecular formula is C6H12N2O4. The molecule has 6 nitrogen and oxygen atoms in total. The fraction of sp³-hybridized carbons (Fsp3) is 0.833. The third-order valence-electron chi connectivity index (χ3n) is 1.47. The van der Waals surface area contributed by atoms with Gasteiger partial charge in [-0.25, -0.2) is 9.80 Å². The van der Waals surface area contributed by atoms with Crippen molar-refractivity contribution in [3.8, 4) is 0 Å². The van der Waals surface area contributed by atoms with Gasteiger partial charge in [0.2, 0.25) is 0 Å². The molecule has 6 heteroatoms. The van der Waals surface area contributed by atoms with Crippen LogP contribution in [0.3, 0.4) is 0 Å². The summed E-state index contributed by atoms with van der Waals surface area (Å²) in [7, 11) is 1.21. The van der Waals surface area contributed by atoms with E-state index in [1.165, 1.54) is 7.11 Å². The Balaban J connectivity index is 4.29. The minimum atomic E-state index is -0.794. The first kappa shape index (κ1) is 10.8. The third-order valence-corrected chi connectivity index (χ3v) is 1.47. The Morgan fingerprint density at radius 3 is 2.58 bits per heavy atom. The quantitative estimate of drug-likeness (QED) is 0.273. The van der Waals surface area contributed by atoms with Gasteiger partial charge in [0, 0.05) is 0 Å². The van der Waals surface area contributed by atoms with Crippen LogP contribution in [0.2, 0.25) is 0 Å². The van der Waals surface area contributed by atoms with Gasteiger partial charge in [-0.15, -0.1) is 4.91 Å². The van der Waals surface area contributed by atoms with Gasteiger partial charge in [0.1, 0.15) is 12.8 Å². The van der Waals surface area contributed by atoms with Gasteiger partial charge in [0.05, 0.1) is 12.4 Å². The Bertz CT molecular complexity index is 162. The molecular weight excluding hydrogens is 164 g/mol. The summed E-state index contributed by atoms with van der Waals surface area (Å²) in [5.41, 5.74) is 0. The fourth-order valence-corrected chi connectivity index (χ4v) is 0.816. The fourth-order valence-electron chi connectivity index (χ4n) is 0.816. The first-order chi connectivity index (χ1) is 5.71. The summed E-state index contributed by atoms with van der Waals surface area (Å²) >= 11 is 0. The van der Waals surface area contributed by atoms with Crippen molar-refractivity contribution in [3.63, 3.8) is 0 Å². The number of aliphatic hydroxyl groups is 1. The van der Waals surface area contributed by atoms with Crippen LogP contribution in [0.25, 0.3) is 0 Å². The number of aliphatic hydroxyl groups excluding tert-OH is 1. The minimum absolute atomic E-state index is 0.360. The highest BCUT2D eigenvalue weighted by Crippen LogP contribution is 2.05. The predicted octanol–water partition coefficient (Wildman–Crippen LogP) is -0.129. The number of methoxy groups -OCH3 is 1. The summed E-state index contributed by atoms with van der Waals surface area (Å²) < 4.78 is 4.40. The van der Waals surface area contributed by atoms with Gasteiger partial charge in [-0.2, -0.15) is 0 Å². The van der Waals surface area contributed by atoms with Gasteiger partial charge in [-0.3, -0.25) is 0 Å². The lowest BCUT2D eigenvalue weighted by Crippen LogP contribution is -2.38. The van der Waals surface area contributed by atoms with Crippen LogP contribution in [0.4, 0.5) is 0 Å². The number of nitrogens with zero attached hydrogens (tertiary/aromatic N) is 2. The molecule has 12 heavy (non-hydrogen) atoms. The Kier molecular flexibility index (Phi) is 4.94. The summed E-state index contributed by atoms with van der Waals surface area (Å²) in [5, 5.41) is 11.8. The molecule has 0 rings (SSSR count). The lowest BCUT2D eigenvalue weighted by molar-refractivity contribution is -0.149. The zero-order chi connectivity index (χ0) is 9.56. The van der Waals surface area contributed by atoms with E-state index in [0.29, 0.717) is 6.42 Å². The highest BCUT2D eigenvalue weighted by molar-refractivity contribution is 5.75. The first-order valence-electron chi connectivity index (χ1n) is 3.49. The normalized spacial score (nSPS) is 11.9. The van der Waals surface area contributed by atoms with Gasteiger partial charge < -0.3 is 9.84 Å². The van der Waals surface area contributed by atoms with E-state index in [2.05, 4.69) is 10.0 Å². The smallest absolute Gasteiger partial charge is 0.330 e. The van der Waals surface area contributed by atoms with E-state index < -0.39 is 18.7 Å². The van der Waals surface area contributed by atoms with Crippen molar-refractivity contribution in [2.24, 2.45) is 5.29 Å². The standard InChI is InChI=1S/C6H12N2O4/c1-3-5(6(10)12-2)8(4-9)7-11/h5,9H,3-4H2,1-2H3. The average Bonchev–Trinajstić information content (AvgIpc) is 2.12. The molecule has 0 aliphatic heterocycles. The van der Waals surface area contributed by atoms with Gasteiger partial charge in [0.25, 0.3) is 0 Å². The molecule has 70 valence electrons. The highest BCUT2D eigenvalue weighted by atomic mass is 16.5. The number of carbonyl (C=O) groups is 1. The maximum absolute atomic E-state index is 10.9. The van der Waals surface area contributed by atoms with Crippen LogP contribution in [0, 0.1) is 4.91 Å². The maximum Gasteiger partial charge on any atom is 0.330 e. The molecule has 0 radical (unpaired) electrons. The van der Waals surface area contributed by atoms with E-state index in [4.69, 9.17) is 5.11 Å². The molecule has 0 aromatic heterocycles. The molecule has 1 atom stereocenters. The van der Waals surface area contributed by atoms with Crippen molar-refractivity contribution in [2.45, 2.75) is 19.4 Å². The van der Waals surface area contributed by atoms with E-state index in [1.54, 1.807) is 6.92 Å². The first-order valence-corrected chi connectivity index (χ1v) is 3.49. The Morgan fingerprint density at radius 1 is 1.75 bits per heavy atom. The molecule has 1 unspecified atom stereocenters. The highest BCUT2D eigenvalue weighted by Gasteiger charge is 2.24. The van der Waals surface area contributed by atoms with E-state index in [-0.39, 0.29) is 0 Å². The number of carbonyl (C=O) groups excluding carboxylic acids is 1. The number of ether oxygens (including phenoxy) is 1. The van der Waals surface area contributed by atoms with Gasteiger partial charge in [-0.1, -0.05) is 6.92 Å². The molecule has 0 saturated heterocycles. The van der Waals surface area contributed by atoms with Crippen LogP contribution < -0.4 is 0 Å². The molecule has 0 amide bonds. The monoisotopic (exact) mass is 176 g/mol. The average molecular weight is 176 g/mol. The summed E-state index contributed by atoms with van der Waals surface area (Å²) in [4.78, 5) is 21.0. The van der Waals surface area contributed by atoms with Crippen molar-refractivity contribution in [1.82, 2.24) is 5.01 Å². The zero-order valence-electron chi connectivity index (χ0n) is 7.06. The second-order valence-corrected chi connectivity index (χ2v) is 2.11. The van der Waals surface area contributed by atoms with Gasteiger partial charge in [-0.05, 0) is 6.42 Å². The topological polar surface area (TPSA) is 79.2 Å². The van der Waals surface area contributed by atoms with Crippen molar-refractivity contribution in [1.29, 1.82) is 0 Å². The molecule has 0 aromatic rings. The van der Waals surface area contributed by atoms with E-state index in [1.807, 2.05) is 0 Å². The molecule has 0 bridgehead atoms. The molecule has 0 aromatic carbocycles. The second kappa shape index (κ2) is 5.48.